The highest BCUT2D eigenvalue weighted by Crippen LogP contribution is 2.36. The van der Waals surface area contributed by atoms with Crippen LogP contribution >= 0.6 is 11.3 Å². The van der Waals surface area contributed by atoms with Gasteiger partial charge in [-0.25, -0.2) is 0 Å². The van der Waals surface area contributed by atoms with E-state index in [4.69, 9.17) is 0 Å². The molecule has 2 fully saturated rings. The van der Waals surface area contributed by atoms with Crippen LogP contribution < -0.4 is 5.32 Å². The number of thiophene rings is 1. The number of likely N-dealkylation sites (tertiary alicyclic amines) is 1. The van der Waals surface area contributed by atoms with Crippen molar-refractivity contribution in [2.45, 2.75) is 38.6 Å². The van der Waals surface area contributed by atoms with Gasteiger partial charge in [0.25, 0.3) is 0 Å². The van der Waals surface area contributed by atoms with E-state index in [0.717, 1.165) is 12.0 Å². The number of hydrogen-bond donors (Lipinski definition) is 1. The van der Waals surface area contributed by atoms with Gasteiger partial charge in [-0.3, -0.25) is 4.90 Å². The summed E-state index contributed by atoms with van der Waals surface area (Å²) in [5.41, 5.74) is 0. The zero-order valence-electron chi connectivity index (χ0n) is 11.3. The van der Waals surface area contributed by atoms with Crippen LogP contribution in [0.5, 0.6) is 0 Å². The SMILES string of the molecule is Cc1ccc(C2CCCN2CC2CCNCC2)s1. The Kier molecular flexibility index (Phi) is 4.02. The molecule has 1 N–H and O–H groups in total. The van der Waals surface area contributed by atoms with Crippen LogP contribution in [0.3, 0.4) is 0 Å². The maximum atomic E-state index is 3.47. The van der Waals surface area contributed by atoms with Crippen LogP contribution in [0.25, 0.3) is 0 Å². The summed E-state index contributed by atoms with van der Waals surface area (Å²) in [5, 5.41) is 3.47. The lowest BCUT2D eigenvalue weighted by atomic mass is 9.97. The van der Waals surface area contributed by atoms with E-state index < -0.39 is 0 Å². The quantitative estimate of drug-likeness (QED) is 0.902. The van der Waals surface area contributed by atoms with Gasteiger partial charge in [-0.2, -0.15) is 0 Å². The number of hydrogen-bond acceptors (Lipinski definition) is 3. The highest BCUT2D eigenvalue weighted by molar-refractivity contribution is 7.12. The zero-order valence-corrected chi connectivity index (χ0v) is 12.1. The first-order chi connectivity index (χ1) is 8.83. The molecule has 3 heterocycles. The monoisotopic (exact) mass is 264 g/mol. The minimum atomic E-state index is 0.721. The number of piperidine rings is 1. The average molecular weight is 264 g/mol. The van der Waals surface area contributed by atoms with Crippen molar-refractivity contribution < 1.29 is 0 Å². The molecule has 0 saturated carbocycles. The molecule has 0 bridgehead atoms. The second-order valence-electron chi connectivity index (χ2n) is 5.79. The molecule has 3 rings (SSSR count). The van der Waals surface area contributed by atoms with Crippen LogP contribution in [0.2, 0.25) is 0 Å². The van der Waals surface area contributed by atoms with E-state index in [1.165, 1.54) is 56.7 Å². The van der Waals surface area contributed by atoms with Gasteiger partial charge in [0, 0.05) is 22.3 Å². The number of rotatable bonds is 3. The number of nitrogens with zero attached hydrogens (tertiary/aromatic N) is 1. The van der Waals surface area contributed by atoms with E-state index in [1.54, 1.807) is 4.88 Å². The van der Waals surface area contributed by atoms with Crippen molar-refractivity contribution in [3.8, 4) is 0 Å². The van der Waals surface area contributed by atoms with Crippen molar-refractivity contribution in [3.63, 3.8) is 0 Å². The summed E-state index contributed by atoms with van der Waals surface area (Å²) >= 11 is 2.00. The van der Waals surface area contributed by atoms with Crippen LogP contribution in [0.4, 0.5) is 0 Å². The fraction of sp³-hybridized carbons (Fsp3) is 0.733. The maximum absolute atomic E-state index is 3.47. The molecule has 1 unspecified atom stereocenters. The Morgan fingerprint density at radius 1 is 1.28 bits per heavy atom. The van der Waals surface area contributed by atoms with Crippen LogP contribution in [-0.4, -0.2) is 31.1 Å². The van der Waals surface area contributed by atoms with Gasteiger partial charge in [0.2, 0.25) is 0 Å². The van der Waals surface area contributed by atoms with Crippen molar-refractivity contribution in [1.29, 1.82) is 0 Å². The predicted molar refractivity (Wildman–Crippen MR) is 78.2 cm³/mol. The van der Waals surface area contributed by atoms with Gasteiger partial charge in [0.05, 0.1) is 0 Å². The van der Waals surface area contributed by atoms with E-state index in [9.17, 15) is 0 Å². The van der Waals surface area contributed by atoms with E-state index in [1.807, 2.05) is 11.3 Å². The normalized spacial score (nSPS) is 26.8. The molecular formula is C15H24N2S. The summed E-state index contributed by atoms with van der Waals surface area (Å²) in [6, 6.07) is 5.35. The van der Waals surface area contributed by atoms with Gasteiger partial charge >= 0.3 is 0 Å². The molecule has 2 saturated heterocycles. The molecule has 0 amide bonds. The first kappa shape index (κ1) is 12.6. The first-order valence-electron chi connectivity index (χ1n) is 7.34. The molecule has 1 atom stereocenters. The van der Waals surface area contributed by atoms with E-state index >= 15 is 0 Å². The van der Waals surface area contributed by atoms with Crippen LogP contribution in [0, 0.1) is 12.8 Å². The topological polar surface area (TPSA) is 15.3 Å². The van der Waals surface area contributed by atoms with E-state index in [0.29, 0.717) is 0 Å². The Morgan fingerprint density at radius 3 is 2.83 bits per heavy atom. The molecule has 1 aromatic heterocycles. The summed E-state index contributed by atoms with van der Waals surface area (Å²) in [6.45, 7) is 7.30. The molecule has 0 radical (unpaired) electrons. The molecule has 3 heteroatoms. The molecule has 2 aliphatic heterocycles. The van der Waals surface area contributed by atoms with Crippen molar-refractivity contribution in [1.82, 2.24) is 10.2 Å². The highest BCUT2D eigenvalue weighted by atomic mass is 32.1. The molecular weight excluding hydrogens is 240 g/mol. The van der Waals surface area contributed by atoms with Crippen molar-refractivity contribution in [3.05, 3.63) is 21.9 Å². The second-order valence-corrected chi connectivity index (χ2v) is 7.11. The lowest BCUT2D eigenvalue weighted by molar-refractivity contribution is 0.195. The van der Waals surface area contributed by atoms with E-state index in [-0.39, 0.29) is 0 Å². The molecule has 18 heavy (non-hydrogen) atoms. The van der Waals surface area contributed by atoms with Gasteiger partial charge in [-0.05, 0) is 70.3 Å². The number of nitrogens with one attached hydrogen (secondary N) is 1. The second kappa shape index (κ2) is 5.72. The Hall–Kier alpha value is -0.380. The van der Waals surface area contributed by atoms with Gasteiger partial charge in [0.15, 0.2) is 0 Å². The van der Waals surface area contributed by atoms with Gasteiger partial charge in [0.1, 0.15) is 0 Å². The molecule has 1 aromatic rings. The Bertz CT molecular complexity index is 382. The maximum Gasteiger partial charge on any atom is 0.0442 e. The fourth-order valence-corrected chi connectivity index (χ4v) is 4.44. The Balaban J connectivity index is 1.63. The zero-order chi connectivity index (χ0) is 12.4. The molecule has 2 aliphatic rings. The standard InChI is InChI=1S/C15H24N2S/c1-12-4-5-15(18-12)14-3-2-10-17(14)11-13-6-8-16-9-7-13/h4-5,13-14,16H,2-3,6-11H2,1H3. The number of aryl methyl sites for hydroxylation is 1. The highest BCUT2D eigenvalue weighted by Gasteiger charge is 2.29. The Labute approximate surface area is 114 Å². The van der Waals surface area contributed by atoms with Gasteiger partial charge in [-0.1, -0.05) is 0 Å². The lowest BCUT2D eigenvalue weighted by Crippen LogP contribution is -2.35. The Morgan fingerprint density at radius 2 is 2.11 bits per heavy atom. The minimum Gasteiger partial charge on any atom is -0.317 e. The first-order valence-corrected chi connectivity index (χ1v) is 8.15. The van der Waals surface area contributed by atoms with Crippen LogP contribution in [-0.2, 0) is 0 Å². The smallest absolute Gasteiger partial charge is 0.0442 e. The van der Waals surface area contributed by atoms with Crippen LogP contribution in [0.1, 0.15) is 41.5 Å². The largest absolute Gasteiger partial charge is 0.317 e. The van der Waals surface area contributed by atoms with Gasteiger partial charge in [-0.15, -0.1) is 11.3 Å². The molecule has 2 nitrogen and oxygen atoms in total. The molecule has 0 spiro atoms. The predicted octanol–water partition coefficient (Wildman–Crippen LogP) is 3.19. The minimum absolute atomic E-state index is 0.721. The fourth-order valence-electron chi connectivity index (χ4n) is 3.40. The molecule has 0 aliphatic carbocycles. The molecule has 100 valence electrons. The summed E-state index contributed by atoms with van der Waals surface area (Å²) in [7, 11) is 0. The third kappa shape index (κ3) is 2.79. The summed E-state index contributed by atoms with van der Waals surface area (Å²) in [4.78, 5) is 5.80. The van der Waals surface area contributed by atoms with Crippen molar-refractivity contribution in [2.75, 3.05) is 26.2 Å². The lowest BCUT2D eigenvalue weighted by Gasteiger charge is -2.30. The summed E-state index contributed by atoms with van der Waals surface area (Å²) < 4.78 is 0. The van der Waals surface area contributed by atoms with E-state index in [2.05, 4.69) is 29.3 Å². The van der Waals surface area contributed by atoms with Gasteiger partial charge < -0.3 is 5.32 Å². The third-order valence-electron chi connectivity index (χ3n) is 4.40. The van der Waals surface area contributed by atoms with Crippen molar-refractivity contribution >= 4 is 11.3 Å². The van der Waals surface area contributed by atoms with Crippen molar-refractivity contribution in [2.24, 2.45) is 5.92 Å². The summed E-state index contributed by atoms with van der Waals surface area (Å²) in [5.74, 6) is 0.924. The average Bonchev–Trinajstić information content (AvgIpc) is 2.99. The summed E-state index contributed by atoms with van der Waals surface area (Å²) in [6.07, 6.45) is 5.48. The molecule has 0 aromatic carbocycles. The van der Waals surface area contributed by atoms with Crippen LogP contribution in [0.15, 0.2) is 12.1 Å². The third-order valence-corrected chi connectivity index (χ3v) is 5.51.